The molecular weight excluding hydrogens is 192 g/mol. The topological polar surface area (TPSA) is 64.3 Å². The molecule has 2 rings (SSSR count). The van der Waals surface area contributed by atoms with Crippen LogP contribution in [0.1, 0.15) is 38.5 Å². The van der Waals surface area contributed by atoms with Crippen LogP contribution >= 0.6 is 0 Å². The molecule has 1 saturated heterocycles. The van der Waals surface area contributed by atoms with Crippen molar-refractivity contribution in [3.8, 4) is 0 Å². The molecule has 3 N–H and O–H groups in total. The fourth-order valence-corrected chi connectivity index (χ4v) is 2.56. The Labute approximate surface area is 90.5 Å². The second-order valence-electron chi connectivity index (χ2n) is 4.68. The van der Waals surface area contributed by atoms with Gasteiger partial charge >= 0.3 is 0 Å². The van der Waals surface area contributed by atoms with Gasteiger partial charge < -0.3 is 15.8 Å². The lowest BCUT2D eigenvalue weighted by Gasteiger charge is -2.29. The fourth-order valence-electron chi connectivity index (χ4n) is 2.56. The number of amides is 1. The van der Waals surface area contributed by atoms with E-state index < -0.39 is 0 Å². The number of ether oxygens (including phenoxy) is 1. The summed E-state index contributed by atoms with van der Waals surface area (Å²) in [5.74, 6) is 0.0415. The molecule has 0 unspecified atom stereocenters. The largest absolute Gasteiger partial charge is 0.368 e. The van der Waals surface area contributed by atoms with Gasteiger partial charge in [-0.25, -0.2) is 0 Å². The van der Waals surface area contributed by atoms with E-state index in [1.807, 2.05) is 0 Å². The SMILES string of the molecule is NCC1(NC(=O)[C@@H]2CCCO2)CCCC1. The quantitative estimate of drug-likeness (QED) is 0.718. The standard InChI is InChI=1S/C11H20N2O2/c12-8-11(5-1-2-6-11)13-10(14)9-4-3-7-15-9/h9H,1-8,12H2,(H,13,14)/t9-/m0/s1. The summed E-state index contributed by atoms with van der Waals surface area (Å²) in [5.41, 5.74) is 5.62. The maximum absolute atomic E-state index is 11.9. The first kappa shape index (κ1) is 10.9. The average molecular weight is 212 g/mol. The highest BCUT2D eigenvalue weighted by Gasteiger charge is 2.36. The molecule has 2 aliphatic rings. The minimum atomic E-state index is -0.228. The highest BCUT2D eigenvalue weighted by atomic mass is 16.5. The number of nitrogens with two attached hydrogens (primary N) is 1. The van der Waals surface area contributed by atoms with Crippen LogP contribution in [-0.2, 0) is 9.53 Å². The van der Waals surface area contributed by atoms with Crippen molar-refractivity contribution in [1.29, 1.82) is 0 Å². The van der Waals surface area contributed by atoms with Crippen molar-refractivity contribution in [2.45, 2.75) is 50.2 Å². The van der Waals surface area contributed by atoms with E-state index in [0.717, 1.165) is 25.7 Å². The van der Waals surface area contributed by atoms with Gasteiger partial charge in [-0.1, -0.05) is 12.8 Å². The molecule has 1 aliphatic heterocycles. The van der Waals surface area contributed by atoms with Crippen molar-refractivity contribution >= 4 is 5.91 Å². The van der Waals surface area contributed by atoms with E-state index in [1.54, 1.807) is 0 Å². The van der Waals surface area contributed by atoms with Gasteiger partial charge in [0.05, 0.1) is 5.54 Å². The van der Waals surface area contributed by atoms with Crippen molar-refractivity contribution in [2.75, 3.05) is 13.2 Å². The second kappa shape index (κ2) is 4.49. The molecule has 1 heterocycles. The lowest BCUT2D eigenvalue weighted by molar-refractivity contribution is -0.132. The van der Waals surface area contributed by atoms with Gasteiger partial charge in [0.1, 0.15) is 6.10 Å². The molecule has 4 heteroatoms. The van der Waals surface area contributed by atoms with E-state index in [2.05, 4.69) is 5.32 Å². The van der Waals surface area contributed by atoms with Gasteiger partial charge in [-0.05, 0) is 25.7 Å². The van der Waals surface area contributed by atoms with Crippen LogP contribution in [0.3, 0.4) is 0 Å². The number of nitrogens with one attached hydrogen (secondary N) is 1. The average Bonchev–Trinajstić information content (AvgIpc) is 2.88. The zero-order valence-corrected chi connectivity index (χ0v) is 9.13. The Hall–Kier alpha value is -0.610. The summed E-state index contributed by atoms with van der Waals surface area (Å²) < 4.78 is 5.36. The van der Waals surface area contributed by atoms with E-state index in [0.29, 0.717) is 13.2 Å². The predicted octanol–water partition coefficient (Wildman–Crippen LogP) is 0.553. The van der Waals surface area contributed by atoms with Crippen molar-refractivity contribution in [1.82, 2.24) is 5.32 Å². The molecule has 2 fully saturated rings. The minimum Gasteiger partial charge on any atom is -0.368 e. The summed E-state index contributed by atoms with van der Waals surface area (Å²) in [7, 11) is 0. The monoisotopic (exact) mass is 212 g/mol. The fraction of sp³-hybridized carbons (Fsp3) is 0.909. The summed E-state index contributed by atoms with van der Waals surface area (Å²) >= 11 is 0. The molecule has 1 atom stereocenters. The highest BCUT2D eigenvalue weighted by Crippen LogP contribution is 2.29. The summed E-state index contributed by atoms with van der Waals surface area (Å²) in [6.07, 6.45) is 5.99. The Morgan fingerprint density at radius 3 is 2.67 bits per heavy atom. The Kier molecular flexibility index (Phi) is 3.26. The maximum atomic E-state index is 11.9. The Morgan fingerprint density at radius 1 is 1.40 bits per heavy atom. The normalized spacial score (nSPS) is 29.3. The van der Waals surface area contributed by atoms with Crippen molar-refractivity contribution in [2.24, 2.45) is 5.73 Å². The smallest absolute Gasteiger partial charge is 0.249 e. The Morgan fingerprint density at radius 2 is 2.13 bits per heavy atom. The minimum absolute atomic E-state index is 0.0415. The lowest BCUT2D eigenvalue weighted by Crippen LogP contribution is -2.54. The molecule has 4 nitrogen and oxygen atoms in total. The molecule has 0 aromatic rings. The van der Waals surface area contributed by atoms with Crippen LogP contribution in [0.4, 0.5) is 0 Å². The van der Waals surface area contributed by atoms with Gasteiger partial charge in [-0.15, -0.1) is 0 Å². The summed E-state index contributed by atoms with van der Waals surface area (Å²) in [4.78, 5) is 11.9. The highest BCUT2D eigenvalue weighted by molar-refractivity contribution is 5.81. The molecule has 86 valence electrons. The van der Waals surface area contributed by atoms with E-state index in [4.69, 9.17) is 10.5 Å². The first-order chi connectivity index (χ1) is 7.26. The van der Waals surface area contributed by atoms with Crippen LogP contribution in [0.2, 0.25) is 0 Å². The van der Waals surface area contributed by atoms with Crippen LogP contribution in [0.5, 0.6) is 0 Å². The summed E-state index contributed by atoms with van der Waals surface area (Å²) in [6, 6.07) is 0. The van der Waals surface area contributed by atoms with Crippen molar-refractivity contribution in [3.05, 3.63) is 0 Å². The van der Waals surface area contributed by atoms with Crippen LogP contribution in [0, 0.1) is 0 Å². The maximum Gasteiger partial charge on any atom is 0.249 e. The van der Waals surface area contributed by atoms with E-state index in [1.165, 1.54) is 12.8 Å². The molecule has 1 amide bonds. The molecule has 0 aromatic carbocycles. The third-order valence-electron chi connectivity index (χ3n) is 3.56. The van der Waals surface area contributed by atoms with E-state index in [-0.39, 0.29) is 17.6 Å². The van der Waals surface area contributed by atoms with Gasteiger partial charge in [0, 0.05) is 13.2 Å². The number of hydrogen-bond donors (Lipinski definition) is 2. The summed E-state index contributed by atoms with van der Waals surface area (Å²) in [5, 5.41) is 3.10. The molecule has 0 spiro atoms. The molecule has 15 heavy (non-hydrogen) atoms. The van der Waals surface area contributed by atoms with Crippen molar-refractivity contribution in [3.63, 3.8) is 0 Å². The Balaban J connectivity index is 1.91. The van der Waals surface area contributed by atoms with Crippen LogP contribution in [0.25, 0.3) is 0 Å². The lowest BCUT2D eigenvalue weighted by atomic mass is 9.97. The third kappa shape index (κ3) is 2.32. The molecule has 0 aromatic heterocycles. The predicted molar refractivity (Wildman–Crippen MR) is 57.4 cm³/mol. The van der Waals surface area contributed by atoms with Crippen molar-refractivity contribution < 1.29 is 9.53 Å². The molecular formula is C11H20N2O2. The molecule has 1 saturated carbocycles. The number of hydrogen-bond acceptors (Lipinski definition) is 3. The first-order valence-electron chi connectivity index (χ1n) is 5.89. The second-order valence-corrected chi connectivity index (χ2v) is 4.68. The van der Waals surface area contributed by atoms with Gasteiger partial charge in [-0.2, -0.15) is 0 Å². The van der Waals surface area contributed by atoms with Gasteiger partial charge in [-0.3, -0.25) is 4.79 Å². The zero-order chi connectivity index (χ0) is 10.7. The number of carbonyl (C=O) groups is 1. The van der Waals surface area contributed by atoms with E-state index in [9.17, 15) is 4.79 Å². The molecule has 0 radical (unpaired) electrons. The summed E-state index contributed by atoms with van der Waals surface area (Å²) in [6.45, 7) is 1.26. The van der Waals surface area contributed by atoms with Crippen LogP contribution in [-0.4, -0.2) is 30.7 Å². The van der Waals surface area contributed by atoms with Crippen LogP contribution in [0.15, 0.2) is 0 Å². The Bertz CT molecular complexity index is 231. The van der Waals surface area contributed by atoms with E-state index >= 15 is 0 Å². The molecule has 0 bridgehead atoms. The number of carbonyl (C=O) groups excluding carboxylic acids is 1. The van der Waals surface area contributed by atoms with Gasteiger partial charge in [0.2, 0.25) is 5.91 Å². The first-order valence-corrected chi connectivity index (χ1v) is 5.89. The van der Waals surface area contributed by atoms with Gasteiger partial charge in [0.15, 0.2) is 0 Å². The molecule has 1 aliphatic carbocycles. The van der Waals surface area contributed by atoms with Gasteiger partial charge in [0.25, 0.3) is 0 Å². The number of rotatable bonds is 3. The van der Waals surface area contributed by atoms with Crippen LogP contribution < -0.4 is 11.1 Å². The zero-order valence-electron chi connectivity index (χ0n) is 9.13. The third-order valence-corrected chi connectivity index (χ3v) is 3.56.